The zero-order valence-corrected chi connectivity index (χ0v) is 18.7. The molecule has 0 spiro atoms. The van der Waals surface area contributed by atoms with Gasteiger partial charge in [-0.2, -0.15) is 0 Å². The summed E-state index contributed by atoms with van der Waals surface area (Å²) in [6, 6.07) is 21.2. The fourth-order valence-electron chi connectivity index (χ4n) is 3.94. The average Bonchev–Trinajstić information content (AvgIpc) is 3.41. The van der Waals surface area contributed by atoms with Gasteiger partial charge < -0.3 is 14.6 Å². The zero-order valence-electron chi connectivity index (χ0n) is 17.1. The van der Waals surface area contributed by atoms with Gasteiger partial charge in [-0.1, -0.05) is 29.8 Å². The molecule has 4 aromatic rings. The summed E-state index contributed by atoms with van der Waals surface area (Å²) in [5.41, 5.74) is 3.50. The van der Waals surface area contributed by atoms with Crippen molar-refractivity contribution in [1.29, 1.82) is 0 Å². The van der Waals surface area contributed by atoms with Gasteiger partial charge in [0, 0.05) is 22.5 Å². The lowest BCUT2D eigenvalue weighted by atomic mass is 10.0. The number of nitrogens with zero attached hydrogens (tertiary/aromatic N) is 2. The highest BCUT2D eigenvalue weighted by molar-refractivity contribution is 7.80. The van der Waals surface area contributed by atoms with Gasteiger partial charge in [0.05, 0.1) is 11.7 Å². The van der Waals surface area contributed by atoms with Crippen molar-refractivity contribution in [3.8, 4) is 11.3 Å². The Kier molecular flexibility index (Phi) is 5.41. The van der Waals surface area contributed by atoms with E-state index in [9.17, 15) is 4.39 Å². The third-order valence-corrected chi connectivity index (χ3v) is 6.30. The second kappa shape index (κ2) is 8.37. The van der Waals surface area contributed by atoms with Gasteiger partial charge in [0.25, 0.3) is 0 Å². The van der Waals surface area contributed by atoms with E-state index in [1.54, 1.807) is 18.3 Å². The van der Waals surface area contributed by atoms with E-state index in [-0.39, 0.29) is 17.9 Å². The SMILES string of the molecule is Cc1ccc(-c2ccc([C@@H]3[C@@H](c4ccccn4)NC(=S)N3c3ccc(F)cc3)o2)cc1Cl. The Morgan fingerprint density at radius 2 is 1.88 bits per heavy atom. The number of hydrogen-bond donors (Lipinski definition) is 1. The van der Waals surface area contributed by atoms with Gasteiger partial charge in [-0.15, -0.1) is 0 Å². The fourth-order valence-corrected chi connectivity index (χ4v) is 4.46. The van der Waals surface area contributed by atoms with E-state index >= 15 is 0 Å². The van der Waals surface area contributed by atoms with Crippen molar-refractivity contribution in [2.75, 3.05) is 4.90 Å². The summed E-state index contributed by atoms with van der Waals surface area (Å²) in [5.74, 6) is 1.11. The van der Waals surface area contributed by atoms with Crippen LogP contribution in [0.5, 0.6) is 0 Å². The van der Waals surface area contributed by atoms with E-state index in [0.717, 1.165) is 22.5 Å². The molecule has 2 aromatic carbocycles. The standard InChI is InChI=1S/C25H19ClFN3OS/c1-15-5-6-16(14-19(15)26)21-11-12-22(31-21)24-23(20-4-2-3-13-28-20)29-25(32)30(24)18-9-7-17(27)8-10-18/h2-14,23-24H,1H3,(H,29,32)/t23-,24-/m1/s1. The first-order valence-electron chi connectivity index (χ1n) is 10.1. The Morgan fingerprint density at radius 1 is 1.06 bits per heavy atom. The minimum absolute atomic E-state index is 0.241. The highest BCUT2D eigenvalue weighted by atomic mass is 35.5. The van der Waals surface area contributed by atoms with Gasteiger partial charge in [0.15, 0.2) is 5.11 Å². The highest BCUT2D eigenvalue weighted by Gasteiger charge is 2.42. The van der Waals surface area contributed by atoms with Crippen LogP contribution < -0.4 is 10.2 Å². The highest BCUT2D eigenvalue weighted by Crippen LogP contribution is 2.43. The molecule has 3 heterocycles. The number of rotatable bonds is 4. The minimum atomic E-state index is -0.308. The third kappa shape index (κ3) is 3.76. The van der Waals surface area contributed by atoms with E-state index in [2.05, 4.69) is 10.3 Å². The molecule has 2 atom stereocenters. The van der Waals surface area contributed by atoms with Crippen LogP contribution in [0.15, 0.2) is 83.4 Å². The van der Waals surface area contributed by atoms with E-state index in [0.29, 0.717) is 21.7 Å². The van der Waals surface area contributed by atoms with Crippen molar-refractivity contribution in [2.45, 2.75) is 19.0 Å². The monoisotopic (exact) mass is 463 g/mol. The third-order valence-electron chi connectivity index (χ3n) is 5.58. The minimum Gasteiger partial charge on any atom is -0.459 e. The molecule has 0 radical (unpaired) electrons. The van der Waals surface area contributed by atoms with Crippen LogP contribution in [-0.2, 0) is 0 Å². The normalized spacial score (nSPS) is 18.1. The van der Waals surface area contributed by atoms with Crippen LogP contribution in [0.25, 0.3) is 11.3 Å². The Labute approximate surface area is 195 Å². The smallest absolute Gasteiger partial charge is 0.174 e. The molecule has 1 aliphatic rings. The number of aromatic nitrogens is 1. The maximum absolute atomic E-state index is 13.6. The van der Waals surface area contributed by atoms with Gasteiger partial charge in [0.2, 0.25) is 0 Å². The number of furan rings is 1. The Bertz CT molecular complexity index is 1280. The first-order chi connectivity index (χ1) is 15.5. The van der Waals surface area contributed by atoms with E-state index in [1.807, 2.05) is 60.4 Å². The summed E-state index contributed by atoms with van der Waals surface area (Å²) in [6.07, 6.45) is 1.75. The van der Waals surface area contributed by atoms with Crippen molar-refractivity contribution < 1.29 is 8.81 Å². The lowest BCUT2D eigenvalue weighted by Crippen LogP contribution is -2.29. The summed E-state index contributed by atoms with van der Waals surface area (Å²) in [4.78, 5) is 6.47. The first kappa shape index (κ1) is 20.7. The van der Waals surface area contributed by atoms with Crippen molar-refractivity contribution in [3.05, 3.63) is 107 Å². The number of halogens is 2. The molecule has 0 aliphatic carbocycles. The van der Waals surface area contributed by atoms with Gasteiger partial charge in [-0.3, -0.25) is 4.98 Å². The lowest BCUT2D eigenvalue weighted by Gasteiger charge is -2.26. The van der Waals surface area contributed by atoms with Crippen molar-refractivity contribution >= 4 is 34.6 Å². The van der Waals surface area contributed by atoms with Crippen LogP contribution in [0.4, 0.5) is 10.1 Å². The summed E-state index contributed by atoms with van der Waals surface area (Å²) in [7, 11) is 0. The number of aryl methyl sites for hydroxylation is 1. The topological polar surface area (TPSA) is 41.3 Å². The number of benzene rings is 2. The molecule has 1 aliphatic heterocycles. The molecular formula is C25H19ClFN3OS. The summed E-state index contributed by atoms with van der Waals surface area (Å²) >= 11 is 12.0. The maximum atomic E-state index is 13.6. The molecule has 160 valence electrons. The van der Waals surface area contributed by atoms with Crippen LogP contribution in [0.1, 0.15) is 29.1 Å². The number of thiocarbonyl (C=S) groups is 1. The van der Waals surface area contributed by atoms with Gasteiger partial charge >= 0.3 is 0 Å². The van der Waals surface area contributed by atoms with Gasteiger partial charge in [-0.25, -0.2) is 4.39 Å². The van der Waals surface area contributed by atoms with E-state index in [1.165, 1.54) is 12.1 Å². The average molecular weight is 464 g/mol. The molecule has 0 amide bonds. The molecule has 7 heteroatoms. The van der Waals surface area contributed by atoms with Gasteiger partial charge in [0.1, 0.15) is 23.4 Å². The largest absolute Gasteiger partial charge is 0.459 e. The van der Waals surface area contributed by atoms with E-state index < -0.39 is 0 Å². The maximum Gasteiger partial charge on any atom is 0.174 e. The fraction of sp³-hybridized carbons (Fsp3) is 0.120. The van der Waals surface area contributed by atoms with Crippen molar-refractivity contribution in [2.24, 2.45) is 0 Å². The molecule has 0 saturated carbocycles. The number of hydrogen-bond acceptors (Lipinski definition) is 3. The molecule has 0 bridgehead atoms. The quantitative estimate of drug-likeness (QED) is 0.344. The molecule has 5 rings (SSSR count). The lowest BCUT2D eigenvalue weighted by molar-refractivity contribution is 0.439. The molecular weight excluding hydrogens is 445 g/mol. The van der Waals surface area contributed by atoms with Crippen LogP contribution >= 0.6 is 23.8 Å². The number of nitrogens with one attached hydrogen (secondary N) is 1. The molecule has 2 aromatic heterocycles. The Hall–Kier alpha value is -3.22. The van der Waals surface area contributed by atoms with Crippen LogP contribution in [0.3, 0.4) is 0 Å². The predicted molar refractivity (Wildman–Crippen MR) is 128 cm³/mol. The molecule has 4 nitrogen and oxygen atoms in total. The number of anilines is 1. The second-order valence-corrected chi connectivity index (χ2v) is 8.43. The Morgan fingerprint density at radius 3 is 2.59 bits per heavy atom. The summed E-state index contributed by atoms with van der Waals surface area (Å²) in [6.45, 7) is 1.96. The van der Waals surface area contributed by atoms with Crippen LogP contribution in [0, 0.1) is 12.7 Å². The molecule has 32 heavy (non-hydrogen) atoms. The summed E-state index contributed by atoms with van der Waals surface area (Å²) in [5, 5.41) is 4.57. The van der Waals surface area contributed by atoms with Gasteiger partial charge in [-0.05, 0) is 79.3 Å². The molecule has 1 N–H and O–H groups in total. The molecule has 0 unspecified atom stereocenters. The second-order valence-electron chi connectivity index (χ2n) is 7.64. The predicted octanol–water partition coefficient (Wildman–Crippen LogP) is 6.62. The molecule has 1 fully saturated rings. The van der Waals surface area contributed by atoms with Crippen LogP contribution in [0.2, 0.25) is 5.02 Å². The van der Waals surface area contributed by atoms with Crippen LogP contribution in [-0.4, -0.2) is 10.1 Å². The van der Waals surface area contributed by atoms with E-state index in [4.69, 9.17) is 28.2 Å². The van der Waals surface area contributed by atoms with Crippen molar-refractivity contribution in [1.82, 2.24) is 10.3 Å². The molecule has 1 saturated heterocycles. The first-order valence-corrected chi connectivity index (χ1v) is 10.9. The Balaban J connectivity index is 1.59. The number of pyridine rings is 1. The zero-order chi connectivity index (χ0) is 22.2. The summed E-state index contributed by atoms with van der Waals surface area (Å²) < 4.78 is 19.9. The van der Waals surface area contributed by atoms with Crippen molar-refractivity contribution in [3.63, 3.8) is 0 Å².